The van der Waals surface area contributed by atoms with Crippen molar-refractivity contribution >= 4 is 35.4 Å². The minimum atomic E-state index is -0.292. The van der Waals surface area contributed by atoms with Crippen LogP contribution in [0.5, 0.6) is 0 Å². The maximum atomic E-state index is 11.5. The number of fused-ring (bicyclic) bond motifs is 1. The van der Waals surface area contributed by atoms with Gasteiger partial charge in [-0.2, -0.15) is 0 Å². The average Bonchev–Trinajstić information content (AvgIpc) is 2.71. The summed E-state index contributed by atoms with van der Waals surface area (Å²) in [7, 11) is 5.51. The number of rotatable bonds is 3. The van der Waals surface area contributed by atoms with Gasteiger partial charge in [-0.05, 0) is 25.4 Å². The van der Waals surface area contributed by atoms with E-state index in [1.165, 1.54) is 11.3 Å². The van der Waals surface area contributed by atoms with Gasteiger partial charge >= 0.3 is 5.97 Å². The zero-order chi connectivity index (χ0) is 11.5. The molecule has 0 atom stereocenters. The van der Waals surface area contributed by atoms with Gasteiger partial charge in [0.2, 0.25) is 0 Å². The first-order chi connectivity index (χ1) is 7.74. The molecule has 0 saturated carbocycles. The molecule has 16 heavy (non-hydrogen) atoms. The maximum Gasteiger partial charge on any atom is 0.348 e. The van der Waals surface area contributed by atoms with E-state index < -0.39 is 0 Å². The highest BCUT2D eigenvalue weighted by Gasteiger charge is 2.11. The smallest absolute Gasteiger partial charge is 0.348 e. The van der Waals surface area contributed by atoms with Crippen molar-refractivity contribution in [1.82, 2.24) is 4.98 Å². The van der Waals surface area contributed by atoms with E-state index in [2.05, 4.69) is 4.98 Å². The van der Waals surface area contributed by atoms with Gasteiger partial charge in [0, 0.05) is 11.1 Å². The molecule has 0 unspecified atom stereocenters. The molecule has 0 N–H and O–H groups in total. The third kappa shape index (κ3) is 2.09. The van der Waals surface area contributed by atoms with Crippen LogP contribution >= 0.6 is 11.3 Å². The van der Waals surface area contributed by atoms with Gasteiger partial charge in [-0.25, -0.2) is 9.78 Å². The normalized spacial score (nSPS) is 10.6. The van der Waals surface area contributed by atoms with Gasteiger partial charge in [0.15, 0.2) is 0 Å². The summed E-state index contributed by atoms with van der Waals surface area (Å²) in [4.78, 5) is 17.3. The van der Waals surface area contributed by atoms with Crippen molar-refractivity contribution in [2.45, 2.75) is 13.2 Å². The van der Waals surface area contributed by atoms with Crippen molar-refractivity contribution < 1.29 is 9.53 Å². The molecule has 2 rings (SSSR count). The van der Waals surface area contributed by atoms with Crippen molar-refractivity contribution in [3.8, 4) is 0 Å². The van der Waals surface area contributed by atoms with Crippen LogP contribution < -0.4 is 0 Å². The monoisotopic (exact) mass is 231 g/mol. The summed E-state index contributed by atoms with van der Waals surface area (Å²) in [5.41, 5.74) is 0.824. The van der Waals surface area contributed by atoms with Crippen LogP contribution in [0.3, 0.4) is 0 Å². The van der Waals surface area contributed by atoms with Gasteiger partial charge in [0.25, 0.3) is 0 Å². The molecule has 2 radical (unpaired) electrons. The standard InChI is InChI=1S/C11H10BNO2S/c1-2-15-11(14)9-5-7-3-4-8(6-12)13-10(7)16-9/h3-5H,2,6H2,1H3. The van der Waals surface area contributed by atoms with Crippen molar-refractivity contribution in [3.05, 3.63) is 28.8 Å². The SMILES string of the molecule is [B]Cc1ccc2cc(C(=O)OCC)sc2n1. The number of esters is 1. The highest BCUT2D eigenvalue weighted by molar-refractivity contribution is 7.20. The van der Waals surface area contributed by atoms with Crippen molar-refractivity contribution in [1.29, 1.82) is 0 Å². The van der Waals surface area contributed by atoms with Gasteiger partial charge in [-0.1, -0.05) is 6.07 Å². The van der Waals surface area contributed by atoms with E-state index in [1.807, 2.05) is 12.1 Å². The molecule has 0 aliphatic heterocycles. The van der Waals surface area contributed by atoms with Crippen LogP contribution in [0.1, 0.15) is 22.3 Å². The first-order valence-electron chi connectivity index (χ1n) is 5.01. The van der Waals surface area contributed by atoms with E-state index in [-0.39, 0.29) is 5.97 Å². The molecule has 0 aliphatic carbocycles. The fourth-order valence-corrected chi connectivity index (χ4v) is 2.32. The number of pyridine rings is 1. The molecule has 2 aromatic heterocycles. The van der Waals surface area contributed by atoms with Crippen LogP contribution in [0.4, 0.5) is 0 Å². The number of carbonyl (C=O) groups excluding carboxylic acids is 1. The molecule has 0 spiro atoms. The molecular weight excluding hydrogens is 221 g/mol. The molecule has 2 heterocycles. The molecule has 0 fully saturated rings. The molecule has 3 nitrogen and oxygen atoms in total. The van der Waals surface area contributed by atoms with Crippen LogP contribution in [0, 0.1) is 0 Å². The summed E-state index contributed by atoms with van der Waals surface area (Å²) < 4.78 is 4.93. The Hall–Kier alpha value is -1.36. The first-order valence-corrected chi connectivity index (χ1v) is 5.83. The Kier molecular flexibility index (Phi) is 3.24. The highest BCUT2D eigenvalue weighted by atomic mass is 32.1. The lowest BCUT2D eigenvalue weighted by Gasteiger charge is -1.95. The summed E-state index contributed by atoms with van der Waals surface area (Å²) in [6.07, 6.45) is 0.405. The average molecular weight is 231 g/mol. The van der Waals surface area contributed by atoms with Gasteiger partial charge in [-0.15, -0.1) is 11.3 Å². The van der Waals surface area contributed by atoms with Gasteiger partial charge < -0.3 is 4.74 Å². The number of ether oxygens (including phenoxy) is 1. The second-order valence-electron chi connectivity index (χ2n) is 3.23. The molecule has 0 saturated heterocycles. The summed E-state index contributed by atoms with van der Waals surface area (Å²) in [5, 5.41) is 0.949. The van der Waals surface area contributed by atoms with Crippen LogP contribution in [0.25, 0.3) is 10.2 Å². The lowest BCUT2D eigenvalue weighted by molar-refractivity contribution is 0.0532. The fraction of sp³-hybridized carbons (Fsp3) is 0.273. The summed E-state index contributed by atoms with van der Waals surface area (Å²) in [5.74, 6) is -0.292. The quantitative estimate of drug-likeness (QED) is 0.600. The van der Waals surface area contributed by atoms with Crippen LogP contribution in [-0.2, 0) is 11.1 Å². The Morgan fingerprint density at radius 2 is 2.38 bits per heavy atom. The maximum absolute atomic E-state index is 11.5. The van der Waals surface area contributed by atoms with Gasteiger partial charge in [0.1, 0.15) is 9.71 Å². The third-order valence-corrected chi connectivity index (χ3v) is 3.15. The van der Waals surface area contributed by atoms with E-state index in [1.54, 1.807) is 13.0 Å². The van der Waals surface area contributed by atoms with Crippen LogP contribution in [0.15, 0.2) is 18.2 Å². The number of nitrogens with zero attached hydrogens (tertiary/aromatic N) is 1. The first kappa shape index (κ1) is 11.1. The highest BCUT2D eigenvalue weighted by Crippen LogP contribution is 2.24. The lowest BCUT2D eigenvalue weighted by atomic mass is 10.0. The van der Waals surface area contributed by atoms with E-state index in [4.69, 9.17) is 12.6 Å². The molecular formula is C11H10BNO2S. The zero-order valence-corrected chi connectivity index (χ0v) is 9.71. The van der Waals surface area contributed by atoms with E-state index in [9.17, 15) is 4.79 Å². The van der Waals surface area contributed by atoms with Crippen LogP contribution in [0.2, 0.25) is 0 Å². The molecule has 0 aliphatic rings. The number of thiophene rings is 1. The second-order valence-corrected chi connectivity index (χ2v) is 4.26. The Labute approximate surface area is 98.9 Å². The minimum Gasteiger partial charge on any atom is -0.462 e. The number of hydrogen-bond donors (Lipinski definition) is 0. The Bertz CT molecular complexity index is 524. The number of hydrogen-bond acceptors (Lipinski definition) is 4. The zero-order valence-electron chi connectivity index (χ0n) is 8.90. The molecule has 0 aromatic carbocycles. The fourth-order valence-electron chi connectivity index (χ4n) is 1.37. The van der Waals surface area contributed by atoms with Gasteiger partial charge in [0.05, 0.1) is 14.5 Å². The molecule has 0 amide bonds. The third-order valence-electron chi connectivity index (χ3n) is 2.13. The number of aromatic nitrogens is 1. The van der Waals surface area contributed by atoms with E-state index in [0.717, 1.165) is 15.9 Å². The van der Waals surface area contributed by atoms with Crippen molar-refractivity contribution in [2.24, 2.45) is 0 Å². The summed E-state index contributed by atoms with van der Waals surface area (Å²) in [6.45, 7) is 2.17. The molecule has 2 aromatic rings. The number of carbonyl (C=O) groups is 1. The summed E-state index contributed by atoms with van der Waals surface area (Å²) >= 11 is 1.33. The van der Waals surface area contributed by atoms with E-state index >= 15 is 0 Å². The Balaban J connectivity index is 2.39. The lowest BCUT2D eigenvalue weighted by Crippen LogP contribution is -2.01. The van der Waals surface area contributed by atoms with Gasteiger partial charge in [-0.3, -0.25) is 0 Å². The minimum absolute atomic E-state index is 0.292. The molecule has 0 bridgehead atoms. The topological polar surface area (TPSA) is 39.2 Å². The largest absolute Gasteiger partial charge is 0.462 e. The Morgan fingerprint density at radius 3 is 3.06 bits per heavy atom. The predicted molar refractivity (Wildman–Crippen MR) is 65.0 cm³/mol. The molecule has 80 valence electrons. The second kappa shape index (κ2) is 4.66. The Morgan fingerprint density at radius 1 is 1.56 bits per heavy atom. The van der Waals surface area contributed by atoms with Crippen molar-refractivity contribution in [3.63, 3.8) is 0 Å². The van der Waals surface area contributed by atoms with Crippen LogP contribution in [-0.4, -0.2) is 25.4 Å². The summed E-state index contributed by atoms with van der Waals surface area (Å²) in [6, 6.07) is 5.58. The molecule has 5 heteroatoms. The van der Waals surface area contributed by atoms with Crippen molar-refractivity contribution in [2.75, 3.05) is 6.61 Å². The predicted octanol–water partition coefficient (Wildman–Crippen LogP) is 2.14. The van der Waals surface area contributed by atoms with E-state index in [0.29, 0.717) is 17.8 Å².